The summed E-state index contributed by atoms with van der Waals surface area (Å²) in [5.41, 5.74) is 0.496. The van der Waals surface area contributed by atoms with Crippen LogP contribution in [0.1, 0.15) is 46.0 Å². The summed E-state index contributed by atoms with van der Waals surface area (Å²) in [5, 5.41) is 2.88. The van der Waals surface area contributed by atoms with Crippen molar-refractivity contribution in [3.63, 3.8) is 0 Å². The number of benzene rings is 1. The van der Waals surface area contributed by atoms with Crippen LogP contribution in [0.15, 0.2) is 23.1 Å². The van der Waals surface area contributed by atoms with Gasteiger partial charge in [0.2, 0.25) is 10.0 Å². The van der Waals surface area contributed by atoms with Crippen LogP contribution < -0.4 is 15.0 Å². The molecule has 1 aromatic rings. The van der Waals surface area contributed by atoms with E-state index in [0.29, 0.717) is 43.7 Å². The zero-order chi connectivity index (χ0) is 20.1. The molecular weight excluding hydrogens is 378 g/mol. The first-order valence-electron chi connectivity index (χ1n) is 10.3. The molecule has 3 rings (SSSR count). The molecule has 2 saturated heterocycles. The number of carbonyl (C=O) groups is 1. The van der Waals surface area contributed by atoms with Gasteiger partial charge in [0.25, 0.3) is 5.91 Å². The summed E-state index contributed by atoms with van der Waals surface area (Å²) in [6.45, 7) is 6.85. The lowest BCUT2D eigenvalue weighted by molar-refractivity contribution is -0.920. The lowest BCUT2D eigenvalue weighted by Crippen LogP contribution is -3.17. The van der Waals surface area contributed by atoms with Gasteiger partial charge in [0, 0.05) is 18.8 Å². The average Bonchev–Trinajstić information content (AvgIpc) is 3.20. The second-order valence-corrected chi connectivity index (χ2v) is 9.64. The van der Waals surface area contributed by atoms with Gasteiger partial charge in [0.15, 0.2) is 6.54 Å². The van der Waals surface area contributed by atoms with Crippen molar-refractivity contribution in [1.29, 1.82) is 0 Å². The maximum Gasteiger partial charge on any atom is 0.279 e. The van der Waals surface area contributed by atoms with Crippen molar-refractivity contribution in [3.8, 4) is 5.75 Å². The van der Waals surface area contributed by atoms with E-state index in [-0.39, 0.29) is 10.8 Å². The molecule has 8 heteroatoms. The van der Waals surface area contributed by atoms with Crippen LogP contribution in [0.25, 0.3) is 0 Å². The van der Waals surface area contributed by atoms with Crippen molar-refractivity contribution in [3.05, 3.63) is 18.2 Å². The van der Waals surface area contributed by atoms with Crippen molar-refractivity contribution in [2.45, 2.75) is 56.9 Å². The quantitative estimate of drug-likeness (QED) is 0.709. The van der Waals surface area contributed by atoms with Gasteiger partial charge < -0.3 is 15.0 Å². The first-order chi connectivity index (χ1) is 13.4. The van der Waals surface area contributed by atoms with Crippen LogP contribution in [0.3, 0.4) is 0 Å². The number of nitrogens with one attached hydrogen (secondary N) is 2. The van der Waals surface area contributed by atoms with Crippen LogP contribution >= 0.6 is 0 Å². The number of nitrogens with zero attached hydrogens (tertiary/aromatic N) is 1. The van der Waals surface area contributed by atoms with E-state index in [1.165, 1.54) is 21.7 Å². The molecular formula is C20H32N3O4S+. The van der Waals surface area contributed by atoms with E-state index >= 15 is 0 Å². The van der Waals surface area contributed by atoms with Gasteiger partial charge in [-0.3, -0.25) is 4.79 Å². The summed E-state index contributed by atoms with van der Waals surface area (Å²) in [4.78, 5) is 14.0. The largest absolute Gasteiger partial charge is 0.492 e. The molecule has 0 saturated carbocycles. The summed E-state index contributed by atoms with van der Waals surface area (Å²) >= 11 is 0. The van der Waals surface area contributed by atoms with Crippen LogP contribution in [0.5, 0.6) is 5.75 Å². The molecule has 2 N–H and O–H groups in total. The van der Waals surface area contributed by atoms with E-state index in [1.807, 2.05) is 6.92 Å². The fraction of sp³-hybridized carbons (Fsp3) is 0.650. The molecule has 1 aromatic carbocycles. The minimum absolute atomic E-state index is 0.0857. The molecule has 1 amide bonds. The molecule has 2 atom stereocenters. The Kier molecular flexibility index (Phi) is 6.95. The third-order valence-electron chi connectivity index (χ3n) is 5.68. The minimum Gasteiger partial charge on any atom is -0.492 e. The van der Waals surface area contributed by atoms with Crippen LogP contribution in [-0.2, 0) is 14.8 Å². The van der Waals surface area contributed by atoms with Crippen LogP contribution in [0.2, 0.25) is 0 Å². The van der Waals surface area contributed by atoms with Gasteiger partial charge in [-0.25, -0.2) is 8.42 Å². The molecule has 2 heterocycles. The van der Waals surface area contributed by atoms with E-state index in [9.17, 15) is 13.2 Å². The second-order valence-electron chi connectivity index (χ2n) is 7.74. The maximum absolute atomic E-state index is 13.1. The highest BCUT2D eigenvalue weighted by Crippen LogP contribution is 2.31. The Bertz CT molecular complexity index is 791. The Hall–Kier alpha value is -1.64. The van der Waals surface area contributed by atoms with Crippen molar-refractivity contribution in [1.82, 2.24) is 4.31 Å². The summed E-state index contributed by atoms with van der Waals surface area (Å²) in [5.74, 6) is 0.250. The van der Waals surface area contributed by atoms with E-state index in [0.717, 1.165) is 32.2 Å². The highest BCUT2D eigenvalue weighted by atomic mass is 32.2. The standard InChI is InChI=1S/C20H31N3O4S/c1-3-27-18-10-9-17(14-19(18)28(25,26)23-12-6-7-13-23)21-20(24)15-22-11-5-4-8-16(22)2/h9-10,14,16H,3-8,11-13,15H2,1-2H3,(H,21,24)/p+1/t16-/m0/s1. The van der Waals surface area contributed by atoms with Crippen LogP contribution in [0.4, 0.5) is 5.69 Å². The Morgan fingerprint density at radius 3 is 2.68 bits per heavy atom. The maximum atomic E-state index is 13.1. The van der Waals surface area contributed by atoms with Crippen molar-refractivity contribution < 1.29 is 22.8 Å². The number of likely N-dealkylation sites (tertiary alicyclic amines) is 1. The number of hydrogen-bond donors (Lipinski definition) is 2. The predicted octanol–water partition coefficient (Wildman–Crippen LogP) is 1.27. The summed E-state index contributed by atoms with van der Waals surface area (Å²) in [7, 11) is -3.63. The molecule has 0 aliphatic carbocycles. The number of quaternary nitrogens is 1. The van der Waals surface area contributed by atoms with Gasteiger partial charge in [-0.2, -0.15) is 4.31 Å². The Morgan fingerprint density at radius 1 is 1.25 bits per heavy atom. The third-order valence-corrected chi connectivity index (χ3v) is 7.60. The smallest absolute Gasteiger partial charge is 0.279 e. The molecule has 0 radical (unpaired) electrons. The van der Waals surface area contributed by atoms with Gasteiger partial charge in [0.05, 0.1) is 19.2 Å². The van der Waals surface area contributed by atoms with E-state index < -0.39 is 10.0 Å². The molecule has 2 aliphatic heterocycles. The van der Waals surface area contributed by atoms with Gasteiger partial charge in [-0.1, -0.05) is 0 Å². The number of ether oxygens (including phenoxy) is 1. The number of rotatable bonds is 7. The molecule has 2 fully saturated rings. The predicted molar refractivity (Wildman–Crippen MR) is 108 cm³/mol. The molecule has 2 aliphatic rings. The molecule has 0 aromatic heterocycles. The summed E-state index contributed by atoms with van der Waals surface area (Å²) in [6.07, 6.45) is 5.26. The first kappa shape index (κ1) is 21.1. The van der Waals surface area contributed by atoms with Crippen molar-refractivity contribution >= 4 is 21.6 Å². The number of piperidine rings is 1. The molecule has 0 spiro atoms. The monoisotopic (exact) mass is 410 g/mol. The van der Waals surface area contributed by atoms with E-state index in [2.05, 4.69) is 12.2 Å². The van der Waals surface area contributed by atoms with Crippen molar-refractivity contribution in [2.24, 2.45) is 0 Å². The molecule has 1 unspecified atom stereocenters. The highest BCUT2D eigenvalue weighted by molar-refractivity contribution is 7.89. The lowest BCUT2D eigenvalue weighted by atomic mass is 10.0. The normalized spacial score (nSPS) is 23.5. The fourth-order valence-electron chi connectivity index (χ4n) is 4.06. The number of anilines is 1. The molecule has 7 nitrogen and oxygen atoms in total. The van der Waals surface area contributed by atoms with Crippen LogP contribution in [0, 0.1) is 0 Å². The summed E-state index contributed by atoms with van der Waals surface area (Å²) < 4.78 is 33.2. The Balaban J connectivity index is 1.77. The zero-order valence-electron chi connectivity index (χ0n) is 16.9. The van der Waals surface area contributed by atoms with Crippen molar-refractivity contribution in [2.75, 3.05) is 38.1 Å². The Morgan fingerprint density at radius 2 is 2.00 bits per heavy atom. The third kappa shape index (κ3) is 4.85. The topological polar surface area (TPSA) is 80.1 Å². The van der Waals surface area contributed by atoms with Gasteiger partial charge in [-0.05, 0) is 64.2 Å². The lowest BCUT2D eigenvalue weighted by Gasteiger charge is -2.29. The number of amides is 1. The van der Waals surface area contributed by atoms with E-state index in [4.69, 9.17) is 4.74 Å². The van der Waals surface area contributed by atoms with E-state index in [1.54, 1.807) is 12.1 Å². The minimum atomic E-state index is -3.63. The average molecular weight is 411 g/mol. The number of sulfonamides is 1. The van der Waals surface area contributed by atoms with Gasteiger partial charge >= 0.3 is 0 Å². The number of hydrogen-bond acceptors (Lipinski definition) is 4. The SMILES string of the molecule is CCOc1ccc(NC(=O)C[NH+]2CCCC[C@@H]2C)cc1S(=O)(=O)N1CCCC1. The zero-order valence-corrected chi connectivity index (χ0v) is 17.7. The Labute approximate surface area is 168 Å². The molecule has 28 heavy (non-hydrogen) atoms. The first-order valence-corrected chi connectivity index (χ1v) is 11.8. The van der Waals surface area contributed by atoms with Gasteiger partial charge in [0.1, 0.15) is 10.6 Å². The molecule has 156 valence electrons. The summed E-state index contributed by atoms with van der Waals surface area (Å²) in [6, 6.07) is 5.36. The van der Waals surface area contributed by atoms with Crippen LogP contribution in [-0.4, -0.2) is 57.5 Å². The number of carbonyl (C=O) groups excluding carboxylic acids is 1. The molecule has 0 bridgehead atoms. The highest BCUT2D eigenvalue weighted by Gasteiger charge is 2.31. The fourth-order valence-corrected chi connectivity index (χ4v) is 5.73. The second kappa shape index (κ2) is 9.24. The van der Waals surface area contributed by atoms with Gasteiger partial charge in [-0.15, -0.1) is 0 Å².